The molecular formula is C28H25FN6O4. The molecule has 0 saturated carbocycles. The molecule has 0 bridgehead atoms. The number of nitrogens with zero attached hydrogens (tertiary/aromatic N) is 5. The molecule has 198 valence electrons. The molecule has 0 spiro atoms. The minimum absolute atomic E-state index is 0.0294. The number of aromatic nitrogens is 6. The molecule has 0 fully saturated rings. The Kier molecular flexibility index (Phi) is 6.65. The molecule has 2 N–H and O–H groups in total. The zero-order valence-corrected chi connectivity index (χ0v) is 21.5. The van der Waals surface area contributed by atoms with Crippen molar-refractivity contribution in [2.75, 3.05) is 0 Å². The molecule has 39 heavy (non-hydrogen) atoms. The molecule has 4 aromatic heterocycles. The first-order valence-electron chi connectivity index (χ1n) is 12.1. The summed E-state index contributed by atoms with van der Waals surface area (Å²) in [5.74, 6) is -0.282. The van der Waals surface area contributed by atoms with E-state index in [4.69, 9.17) is 4.74 Å². The number of H-pyrrole nitrogens is 1. The van der Waals surface area contributed by atoms with E-state index in [-0.39, 0.29) is 41.0 Å². The number of carbonyl (C=O) groups is 1. The van der Waals surface area contributed by atoms with E-state index in [1.807, 2.05) is 26.8 Å². The van der Waals surface area contributed by atoms with Crippen LogP contribution in [0.2, 0.25) is 0 Å². The maximum Gasteiger partial charge on any atom is 0.268 e. The zero-order chi connectivity index (χ0) is 27.7. The molecule has 11 heteroatoms. The molecule has 4 heterocycles. The second-order valence-corrected chi connectivity index (χ2v) is 10.0. The molecule has 0 unspecified atom stereocenters. The Labute approximate surface area is 222 Å². The normalized spacial score (nSPS) is 11.6. The van der Waals surface area contributed by atoms with Crippen molar-refractivity contribution in [3.05, 3.63) is 100 Å². The largest absolute Gasteiger partial charge is 0.455 e. The van der Waals surface area contributed by atoms with Gasteiger partial charge in [-0.3, -0.25) is 14.3 Å². The average Bonchev–Trinajstić information content (AvgIpc) is 3.30. The Morgan fingerprint density at radius 1 is 1.18 bits per heavy atom. The molecule has 0 aliphatic heterocycles. The van der Waals surface area contributed by atoms with Gasteiger partial charge in [-0.1, -0.05) is 39.0 Å². The fourth-order valence-electron chi connectivity index (χ4n) is 3.98. The van der Waals surface area contributed by atoms with Crippen molar-refractivity contribution < 1.29 is 23.9 Å². The van der Waals surface area contributed by atoms with Crippen molar-refractivity contribution in [2.24, 2.45) is 0 Å². The van der Waals surface area contributed by atoms with Crippen LogP contribution in [0.15, 0.2) is 65.8 Å². The fourth-order valence-corrected chi connectivity index (χ4v) is 3.98. The number of ketones is 1. The van der Waals surface area contributed by atoms with Crippen LogP contribution in [-0.4, -0.2) is 35.7 Å². The number of rotatable bonds is 7. The number of fused-ring (bicyclic) bond motifs is 1. The number of pyridine rings is 2. The summed E-state index contributed by atoms with van der Waals surface area (Å²) in [6, 6.07) is 10.9. The van der Waals surface area contributed by atoms with Gasteiger partial charge in [0.1, 0.15) is 29.1 Å². The van der Waals surface area contributed by atoms with Crippen LogP contribution in [0.5, 0.6) is 11.5 Å². The number of carbonyl (C=O) groups excluding carboxylic acids is 1. The van der Waals surface area contributed by atoms with E-state index in [0.29, 0.717) is 22.6 Å². The molecule has 0 amide bonds. The van der Waals surface area contributed by atoms with E-state index in [2.05, 4.69) is 26.2 Å². The maximum absolute atomic E-state index is 15.0. The lowest BCUT2D eigenvalue weighted by Crippen LogP contribution is -2.29. The molecule has 0 aliphatic carbocycles. The van der Waals surface area contributed by atoms with Gasteiger partial charge in [-0.2, -0.15) is 5.10 Å². The summed E-state index contributed by atoms with van der Waals surface area (Å²) in [6.07, 6.45) is 6.54. The Morgan fingerprint density at radius 2 is 2.00 bits per heavy atom. The van der Waals surface area contributed by atoms with E-state index < -0.39 is 11.4 Å². The summed E-state index contributed by atoms with van der Waals surface area (Å²) >= 11 is 0. The standard InChI is InChI=1S/C28H25FN6O4/c1-28(2,3)24-14-19(35(33-24)18-7-10-34(38)11-8-18)13-20(36)12-17-4-5-21(15-22(17)29)39-23-6-9-30-27-26(23)31-16-25(37)32-27/h4-10,14-16,38H,12-13H2,1-3H3,(H,30,32,37). The summed E-state index contributed by atoms with van der Waals surface area (Å²) < 4.78 is 23.2. The van der Waals surface area contributed by atoms with Crippen molar-refractivity contribution in [3.63, 3.8) is 0 Å². The van der Waals surface area contributed by atoms with Gasteiger partial charge in [0.25, 0.3) is 5.56 Å². The number of halogens is 1. The van der Waals surface area contributed by atoms with Crippen molar-refractivity contribution in [2.45, 2.75) is 39.0 Å². The molecular weight excluding hydrogens is 503 g/mol. The molecule has 5 aromatic rings. The van der Waals surface area contributed by atoms with E-state index in [9.17, 15) is 14.8 Å². The zero-order valence-electron chi connectivity index (χ0n) is 21.5. The van der Waals surface area contributed by atoms with E-state index >= 15 is 4.39 Å². The highest BCUT2D eigenvalue weighted by molar-refractivity contribution is 5.83. The van der Waals surface area contributed by atoms with Crippen molar-refractivity contribution in [3.8, 4) is 17.2 Å². The van der Waals surface area contributed by atoms with Crippen molar-refractivity contribution >= 4 is 16.9 Å². The lowest BCUT2D eigenvalue weighted by molar-refractivity contribution is -0.907. The fraction of sp³-hybridized carbons (Fsp3) is 0.214. The van der Waals surface area contributed by atoms with Gasteiger partial charge in [0.15, 0.2) is 17.6 Å². The van der Waals surface area contributed by atoms with Crippen LogP contribution in [0.1, 0.15) is 37.7 Å². The van der Waals surface area contributed by atoms with E-state index in [1.165, 1.54) is 24.5 Å². The average molecular weight is 529 g/mol. The molecule has 0 radical (unpaired) electrons. The third-order valence-corrected chi connectivity index (χ3v) is 5.99. The third-order valence-electron chi connectivity index (χ3n) is 5.99. The highest BCUT2D eigenvalue weighted by atomic mass is 19.1. The van der Waals surface area contributed by atoms with Gasteiger partial charge in [0, 0.05) is 42.3 Å². The quantitative estimate of drug-likeness (QED) is 0.188. The monoisotopic (exact) mass is 528 g/mol. The predicted molar refractivity (Wildman–Crippen MR) is 138 cm³/mol. The lowest BCUT2D eigenvalue weighted by atomic mass is 9.92. The topological polar surface area (TPSA) is 127 Å². The Hall–Kier alpha value is -4.93. The van der Waals surface area contributed by atoms with Gasteiger partial charge < -0.3 is 14.9 Å². The van der Waals surface area contributed by atoms with Gasteiger partial charge in [0.2, 0.25) is 0 Å². The summed E-state index contributed by atoms with van der Waals surface area (Å²) in [5, 5.41) is 14.2. The van der Waals surface area contributed by atoms with Gasteiger partial charge in [-0.05, 0) is 23.4 Å². The van der Waals surface area contributed by atoms with Crippen LogP contribution >= 0.6 is 0 Å². The second kappa shape index (κ2) is 10.1. The maximum atomic E-state index is 15.0. The van der Waals surface area contributed by atoms with Gasteiger partial charge in [-0.15, -0.1) is 4.73 Å². The van der Waals surface area contributed by atoms with Crippen LogP contribution in [0, 0.1) is 12.0 Å². The number of hydrogen-bond acceptors (Lipinski definition) is 7. The Balaban J connectivity index is 1.34. The summed E-state index contributed by atoms with van der Waals surface area (Å²) in [4.78, 5) is 35.2. The predicted octanol–water partition coefficient (Wildman–Crippen LogP) is 3.41. The first-order chi connectivity index (χ1) is 18.6. The molecule has 0 atom stereocenters. The first-order valence-corrected chi connectivity index (χ1v) is 12.1. The van der Waals surface area contributed by atoms with Crippen molar-refractivity contribution in [1.29, 1.82) is 0 Å². The molecule has 10 nitrogen and oxygen atoms in total. The molecule has 5 rings (SSSR count). The van der Waals surface area contributed by atoms with Gasteiger partial charge in [0.05, 0.1) is 11.9 Å². The SMILES string of the molecule is CC(C)(C)c1cc(CC(=O)Cc2ccc(Oc3ccnc4[nH]c(=O)cnc34)cc2F)n(-c2c[c-][n+](O)cc2)n1. The van der Waals surface area contributed by atoms with E-state index in [1.54, 1.807) is 28.9 Å². The van der Waals surface area contributed by atoms with Gasteiger partial charge in [-0.25, -0.2) is 14.4 Å². The number of nitrogens with one attached hydrogen (secondary N) is 1. The smallest absolute Gasteiger partial charge is 0.268 e. The number of hydrogen-bond donors (Lipinski definition) is 2. The Bertz CT molecular complexity index is 1740. The van der Waals surface area contributed by atoms with E-state index in [0.717, 1.165) is 16.6 Å². The number of Topliss-reactive ketones (excluding diaryl/α,β-unsaturated/α-hetero) is 1. The highest BCUT2D eigenvalue weighted by Gasteiger charge is 2.21. The highest BCUT2D eigenvalue weighted by Crippen LogP contribution is 2.28. The summed E-state index contributed by atoms with van der Waals surface area (Å²) in [6.45, 7) is 6.06. The van der Waals surface area contributed by atoms with Crippen LogP contribution in [0.3, 0.4) is 0 Å². The first kappa shape index (κ1) is 25.7. The van der Waals surface area contributed by atoms with Gasteiger partial charge >= 0.3 is 0 Å². The van der Waals surface area contributed by atoms with Crippen molar-refractivity contribution in [1.82, 2.24) is 24.7 Å². The number of ether oxygens (including phenoxy) is 1. The van der Waals surface area contributed by atoms with Crippen LogP contribution < -0.4 is 15.0 Å². The minimum Gasteiger partial charge on any atom is -0.455 e. The van der Waals surface area contributed by atoms with Crippen LogP contribution in [-0.2, 0) is 23.1 Å². The molecule has 0 saturated heterocycles. The minimum atomic E-state index is -0.588. The van der Waals surface area contributed by atoms with Crippen LogP contribution in [0.4, 0.5) is 4.39 Å². The lowest BCUT2D eigenvalue weighted by Gasteiger charge is -2.15. The molecule has 1 aromatic carbocycles. The summed E-state index contributed by atoms with van der Waals surface area (Å²) in [7, 11) is 0. The molecule has 0 aliphatic rings. The number of benzene rings is 1. The Morgan fingerprint density at radius 3 is 2.72 bits per heavy atom. The number of aromatic amines is 1. The summed E-state index contributed by atoms with van der Waals surface area (Å²) in [5.41, 5.74) is 2.22. The second-order valence-electron chi connectivity index (χ2n) is 10.0. The van der Waals surface area contributed by atoms with Crippen LogP contribution in [0.25, 0.3) is 16.9 Å². The third kappa shape index (κ3) is 5.66.